The van der Waals surface area contributed by atoms with Crippen molar-refractivity contribution in [2.75, 3.05) is 0 Å². The topological polar surface area (TPSA) is 65.0 Å². The first-order chi connectivity index (χ1) is 24.8. The Hall–Kier alpha value is -6.85. The van der Waals surface area contributed by atoms with Crippen molar-refractivity contribution in [3.63, 3.8) is 0 Å². The van der Waals surface area contributed by atoms with Gasteiger partial charge in [0.15, 0.2) is 17.5 Å². The fourth-order valence-electron chi connectivity index (χ4n) is 7.71. The molecular formula is C45H25N3O2. The zero-order chi connectivity index (χ0) is 32.8. The summed E-state index contributed by atoms with van der Waals surface area (Å²) >= 11 is 0. The summed E-state index contributed by atoms with van der Waals surface area (Å²) < 4.78 is 12.6. The van der Waals surface area contributed by atoms with Gasteiger partial charge in [0.25, 0.3) is 0 Å². The molecule has 0 spiro atoms. The van der Waals surface area contributed by atoms with Gasteiger partial charge < -0.3 is 8.83 Å². The minimum Gasteiger partial charge on any atom is -0.456 e. The van der Waals surface area contributed by atoms with E-state index in [1.807, 2.05) is 60.7 Å². The average Bonchev–Trinajstić information content (AvgIpc) is 3.76. The SMILES string of the molecule is c1ccc2c(c1)ccc1c3cccc(-c4nc(-c5cccc6oc7ccccc7c56)nc(-c5cccc6oc7ccccc7c56)n4)c3ccc21. The number of rotatable bonds is 3. The van der Waals surface area contributed by atoms with Crippen LogP contribution in [0.25, 0.3) is 110 Å². The minimum absolute atomic E-state index is 0.579. The standard InChI is InChI=1S/C45H25N3O2/c1-2-11-27-26(10-1)22-23-30-28-14-7-15-32(31(28)25-24-29(27)30)43-46-44(35-16-8-20-39-41(35)33-12-3-5-18-37(33)49-39)48-45(47-43)36-17-9-21-40-42(36)34-13-4-6-19-38(34)50-40/h1-25H. The van der Waals surface area contributed by atoms with Crippen LogP contribution >= 0.6 is 0 Å². The van der Waals surface area contributed by atoms with Gasteiger partial charge >= 0.3 is 0 Å². The van der Waals surface area contributed by atoms with Gasteiger partial charge in [0.2, 0.25) is 0 Å². The molecule has 0 amide bonds. The first-order valence-electron chi connectivity index (χ1n) is 16.7. The molecule has 0 saturated carbocycles. The Morgan fingerprint density at radius 2 is 0.700 bits per heavy atom. The molecule has 8 aromatic carbocycles. The summed E-state index contributed by atoms with van der Waals surface area (Å²) in [7, 11) is 0. The molecule has 0 N–H and O–H groups in total. The summed E-state index contributed by atoms with van der Waals surface area (Å²) in [5, 5.41) is 11.1. The maximum absolute atomic E-state index is 6.29. The molecule has 11 rings (SSSR count). The highest BCUT2D eigenvalue weighted by Crippen LogP contribution is 2.40. The van der Waals surface area contributed by atoms with Crippen molar-refractivity contribution in [3.05, 3.63) is 152 Å². The van der Waals surface area contributed by atoms with Crippen LogP contribution in [0.15, 0.2) is 160 Å². The number of fused-ring (bicyclic) bond motifs is 11. The van der Waals surface area contributed by atoms with Crippen molar-refractivity contribution < 1.29 is 8.83 Å². The van der Waals surface area contributed by atoms with Gasteiger partial charge in [0.1, 0.15) is 22.3 Å². The Kier molecular flexibility index (Phi) is 5.60. The van der Waals surface area contributed by atoms with Crippen molar-refractivity contribution in [3.8, 4) is 34.2 Å². The van der Waals surface area contributed by atoms with E-state index in [1.165, 1.54) is 21.5 Å². The number of hydrogen-bond donors (Lipinski definition) is 0. The predicted octanol–water partition coefficient (Wildman–Crippen LogP) is 12.1. The second kappa shape index (κ2) is 10.3. The Labute approximate surface area is 285 Å². The van der Waals surface area contributed by atoms with E-state index in [4.69, 9.17) is 23.8 Å². The van der Waals surface area contributed by atoms with E-state index in [-0.39, 0.29) is 0 Å². The van der Waals surface area contributed by atoms with Crippen molar-refractivity contribution in [1.29, 1.82) is 0 Å². The van der Waals surface area contributed by atoms with E-state index in [1.54, 1.807) is 0 Å². The molecule has 0 aliphatic rings. The molecular weight excluding hydrogens is 615 g/mol. The fourth-order valence-corrected chi connectivity index (χ4v) is 7.71. The van der Waals surface area contributed by atoms with E-state index in [9.17, 15) is 0 Å². The van der Waals surface area contributed by atoms with Crippen LogP contribution in [0.2, 0.25) is 0 Å². The second-order valence-corrected chi connectivity index (χ2v) is 12.7. The van der Waals surface area contributed by atoms with Crippen LogP contribution in [-0.2, 0) is 0 Å². The van der Waals surface area contributed by atoms with Gasteiger partial charge in [-0.15, -0.1) is 0 Å². The highest BCUT2D eigenvalue weighted by molar-refractivity contribution is 6.19. The smallest absolute Gasteiger partial charge is 0.164 e. The van der Waals surface area contributed by atoms with Crippen LogP contribution in [0.5, 0.6) is 0 Å². The maximum Gasteiger partial charge on any atom is 0.164 e. The Balaban J connectivity index is 1.23. The maximum atomic E-state index is 6.29. The predicted molar refractivity (Wildman–Crippen MR) is 203 cm³/mol. The fraction of sp³-hybridized carbons (Fsp3) is 0. The number of benzene rings is 8. The average molecular weight is 640 g/mol. The number of hydrogen-bond acceptors (Lipinski definition) is 5. The third kappa shape index (κ3) is 3.92. The number of para-hydroxylation sites is 2. The van der Waals surface area contributed by atoms with Crippen LogP contribution in [0.1, 0.15) is 0 Å². The third-order valence-corrected chi connectivity index (χ3v) is 9.95. The summed E-state index contributed by atoms with van der Waals surface area (Å²) in [6.07, 6.45) is 0. The Bertz CT molecular complexity index is 3040. The van der Waals surface area contributed by atoms with Gasteiger partial charge in [0, 0.05) is 38.2 Å². The van der Waals surface area contributed by atoms with E-state index in [0.29, 0.717) is 17.5 Å². The lowest BCUT2D eigenvalue weighted by Gasteiger charge is -2.13. The van der Waals surface area contributed by atoms with Gasteiger partial charge in [-0.05, 0) is 56.6 Å². The van der Waals surface area contributed by atoms with Crippen LogP contribution in [-0.4, -0.2) is 15.0 Å². The molecule has 0 bridgehead atoms. The minimum atomic E-state index is 0.579. The number of furan rings is 2. The lowest BCUT2D eigenvalue weighted by atomic mass is 9.95. The molecule has 5 nitrogen and oxygen atoms in total. The summed E-state index contributed by atoms with van der Waals surface area (Å²) in [4.78, 5) is 15.7. The molecule has 0 saturated heterocycles. The molecule has 0 radical (unpaired) electrons. The zero-order valence-electron chi connectivity index (χ0n) is 26.6. The third-order valence-electron chi connectivity index (χ3n) is 9.95. The summed E-state index contributed by atoms with van der Waals surface area (Å²) in [6.45, 7) is 0. The molecule has 3 aromatic heterocycles. The lowest BCUT2D eigenvalue weighted by Crippen LogP contribution is -2.01. The highest BCUT2D eigenvalue weighted by Gasteiger charge is 2.21. The zero-order valence-corrected chi connectivity index (χ0v) is 26.6. The van der Waals surface area contributed by atoms with Gasteiger partial charge in [-0.3, -0.25) is 0 Å². The van der Waals surface area contributed by atoms with Crippen molar-refractivity contribution in [2.45, 2.75) is 0 Å². The van der Waals surface area contributed by atoms with Gasteiger partial charge in [-0.1, -0.05) is 127 Å². The Morgan fingerprint density at radius 1 is 0.280 bits per heavy atom. The molecule has 5 heteroatoms. The van der Waals surface area contributed by atoms with Crippen LogP contribution < -0.4 is 0 Å². The van der Waals surface area contributed by atoms with Gasteiger partial charge in [-0.25, -0.2) is 15.0 Å². The van der Waals surface area contributed by atoms with E-state index in [2.05, 4.69) is 91.0 Å². The monoisotopic (exact) mass is 639 g/mol. The van der Waals surface area contributed by atoms with E-state index < -0.39 is 0 Å². The quantitative estimate of drug-likeness (QED) is 0.180. The molecule has 11 aromatic rings. The largest absolute Gasteiger partial charge is 0.456 e. The summed E-state index contributed by atoms with van der Waals surface area (Å²) in [5.41, 5.74) is 5.95. The molecule has 3 heterocycles. The normalized spacial score (nSPS) is 12.0. The lowest BCUT2D eigenvalue weighted by molar-refractivity contribution is 0.668. The molecule has 0 unspecified atom stereocenters. The molecule has 0 atom stereocenters. The summed E-state index contributed by atoms with van der Waals surface area (Å²) in [5.74, 6) is 1.76. The first kappa shape index (κ1) is 27.1. The van der Waals surface area contributed by atoms with Crippen molar-refractivity contribution >= 4 is 76.2 Å². The molecule has 0 aliphatic carbocycles. The molecule has 232 valence electrons. The van der Waals surface area contributed by atoms with Crippen molar-refractivity contribution in [2.24, 2.45) is 0 Å². The summed E-state index contributed by atoms with van der Waals surface area (Å²) in [6, 6.07) is 52.2. The second-order valence-electron chi connectivity index (χ2n) is 12.7. The van der Waals surface area contributed by atoms with Gasteiger partial charge in [0.05, 0.1) is 0 Å². The first-order valence-corrected chi connectivity index (χ1v) is 16.7. The number of aromatic nitrogens is 3. The van der Waals surface area contributed by atoms with E-state index >= 15 is 0 Å². The van der Waals surface area contributed by atoms with Crippen molar-refractivity contribution in [1.82, 2.24) is 15.0 Å². The van der Waals surface area contributed by atoms with Crippen LogP contribution in [0.3, 0.4) is 0 Å². The van der Waals surface area contributed by atoms with E-state index in [0.717, 1.165) is 71.3 Å². The highest BCUT2D eigenvalue weighted by atomic mass is 16.3. The molecule has 0 fully saturated rings. The molecule has 0 aliphatic heterocycles. The van der Waals surface area contributed by atoms with Crippen LogP contribution in [0, 0.1) is 0 Å². The Morgan fingerprint density at radius 3 is 1.36 bits per heavy atom. The number of nitrogens with zero attached hydrogens (tertiary/aromatic N) is 3. The van der Waals surface area contributed by atoms with Gasteiger partial charge in [-0.2, -0.15) is 0 Å². The van der Waals surface area contributed by atoms with Crippen LogP contribution in [0.4, 0.5) is 0 Å². The molecule has 50 heavy (non-hydrogen) atoms.